The van der Waals surface area contributed by atoms with Crippen LogP contribution in [0.3, 0.4) is 0 Å². The monoisotopic (exact) mass is 429 g/mol. The van der Waals surface area contributed by atoms with E-state index in [1.54, 1.807) is 17.8 Å². The predicted molar refractivity (Wildman–Crippen MR) is 119 cm³/mol. The molecule has 0 fully saturated rings. The molecule has 1 heterocycles. The van der Waals surface area contributed by atoms with Crippen LogP contribution in [-0.4, -0.2) is 14.8 Å². The van der Waals surface area contributed by atoms with Crippen LogP contribution in [0.15, 0.2) is 66.7 Å². The van der Waals surface area contributed by atoms with Crippen LogP contribution < -0.4 is 5.32 Å². The number of rotatable bonds is 6. The second-order valence-corrected chi connectivity index (χ2v) is 7.38. The molecule has 5 nitrogen and oxygen atoms in total. The third-order valence-electron chi connectivity index (χ3n) is 5.26. The standard InChI is InChI=1S/C25H21F2N5/c1-3-16-8-7-11-18(12-16)23(29-22-14-20(26)19(15-28)13-21(22)27)25-30-24(31-32(25)2)17-9-5-4-6-10-17/h4-14,23,29H,3H2,1-2H3. The number of anilines is 1. The van der Waals surface area contributed by atoms with Gasteiger partial charge in [0.25, 0.3) is 0 Å². The van der Waals surface area contributed by atoms with Crippen LogP contribution in [-0.2, 0) is 13.5 Å². The molecule has 1 unspecified atom stereocenters. The molecule has 0 aliphatic carbocycles. The molecule has 0 spiro atoms. The van der Waals surface area contributed by atoms with E-state index in [-0.39, 0.29) is 11.3 Å². The molecular formula is C25H21F2N5. The Bertz CT molecular complexity index is 1290. The van der Waals surface area contributed by atoms with Crippen molar-refractivity contribution in [3.8, 4) is 17.5 Å². The van der Waals surface area contributed by atoms with Gasteiger partial charge in [-0.25, -0.2) is 13.8 Å². The maximum absolute atomic E-state index is 14.7. The fourth-order valence-corrected chi connectivity index (χ4v) is 3.55. The summed E-state index contributed by atoms with van der Waals surface area (Å²) < 4.78 is 30.6. The molecule has 0 amide bonds. The lowest BCUT2D eigenvalue weighted by Gasteiger charge is -2.21. The summed E-state index contributed by atoms with van der Waals surface area (Å²) in [7, 11) is 1.77. The first-order valence-corrected chi connectivity index (χ1v) is 10.2. The number of benzene rings is 3. The van der Waals surface area contributed by atoms with E-state index < -0.39 is 17.7 Å². The molecule has 0 saturated carbocycles. The van der Waals surface area contributed by atoms with Crippen molar-refractivity contribution in [1.82, 2.24) is 14.8 Å². The maximum atomic E-state index is 14.7. The molecule has 1 atom stereocenters. The third kappa shape index (κ3) is 4.21. The van der Waals surface area contributed by atoms with E-state index in [0.717, 1.165) is 35.2 Å². The first-order valence-electron chi connectivity index (χ1n) is 10.2. The summed E-state index contributed by atoms with van der Waals surface area (Å²) in [5.41, 5.74) is 2.39. The Labute approximate surface area is 185 Å². The topological polar surface area (TPSA) is 66.5 Å². The van der Waals surface area contributed by atoms with Gasteiger partial charge >= 0.3 is 0 Å². The average molecular weight is 429 g/mol. The molecule has 32 heavy (non-hydrogen) atoms. The summed E-state index contributed by atoms with van der Waals surface area (Å²) in [5.74, 6) is -0.431. The van der Waals surface area contributed by atoms with Gasteiger partial charge in [-0.1, -0.05) is 61.5 Å². The number of hydrogen-bond acceptors (Lipinski definition) is 4. The van der Waals surface area contributed by atoms with Crippen molar-refractivity contribution in [2.45, 2.75) is 19.4 Å². The van der Waals surface area contributed by atoms with Crippen LogP contribution in [0.4, 0.5) is 14.5 Å². The van der Waals surface area contributed by atoms with Crippen molar-refractivity contribution in [1.29, 1.82) is 5.26 Å². The summed E-state index contributed by atoms with van der Waals surface area (Å²) in [4.78, 5) is 4.72. The van der Waals surface area contributed by atoms with Gasteiger partial charge < -0.3 is 5.32 Å². The third-order valence-corrected chi connectivity index (χ3v) is 5.26. The van der Waals surface area contributed by atoms with Crippen molar-refractivity contribution in [3.63, 3.8) is 0 Å². The Hall–Kier alpha value is -4.05. The van der Waals surface area contributed by atoms with Crippen molar-refractivity contribution in [3.05, 3.63) is 101 Å². The molecule has 1 N–H and O–H groups in total. The van der Waals surface area contributed by atoms with Gasteiger partial charge in [-0.2, -0.15) is 10.4 Å². The number of aromatic nitrogens is 3. The van der Waals surface area contributed by atoms with E-state index in [1.165, 1.54) is 0 Å². The van der Waals surface area contributed by atoms with Crippen LogP contribution >= 0.6 is 0 Å². The molecular weight excluding hydrogens is 408 g/mol. The van der Waals surface area contributed by atoms with Gasteiger partial charge in [-0.15, -0.1) is 0 Å². The van der Waals surface area contributed by atoms with Gasteiger partial charge in [0.15, 0.2) is 11.6 Å². The summed E-state index contributed by atoms with van der Waals surface area (Å²) in [6.07, 6.45) is 0.828. The SMILES string of the molecule is CCc1cccc(C(Nc2cc(F)c(C#N)cc2F)c2nc(-c3ccccc3)nn2C)c1. The van der Waals surface area contributed by atoms with Crippen molar-refractivity contribution < 1.29 is 8.78 Å². The first-order chi connectivity index (χ1) is 15.5. The van der Waals surface area contributed by atoms with Crippen molar-refractivity contribution >= 4 is 5.69 Å². The van der Waals surface area contributed by atoms with Crippen LogP contribution in [0.5, 0.6) is 0 Å². The van der Waals surface area contributed by atoms with E-state index in [2.05, 4.69) is 10.4 Å². The Balaban J connectivity index is 1.82. The fraction of sp³-hybridized carbons (Fsp3) is 0.160. The van der Waals surface area contributed by atoms with Crippen molar-refractivity contribution in [2.75, 3.05) is 5.32 Å². The first kappa shape index (κ1) is 21.2. The minimum Gasteiger partial charge on any atom is -0.369 e. The number of nitrogens with zero attached hydrogens (tertiary/aromatic N) is 4. The molecule has 1 aromatic heterocycles. The minimum atomic E-state index is -0.791. The molecule has 3 aromatic carbocycles. The Morgan fingerprint density at radius 2 is 1.81 bits per heavy atom. The zero-order valence-corrected chi connectivity index (χ0v) is 17.7. The van der Waals surface area contributed by atoms with Crippen molar-refractivity contribution in [2.24, 2.45) is 7.05 Å². The number of hydrogen-bond donors (Lipinski definition) is 1. The summed E-state index contributed by atoms with van der Waals surface area (Å²) in [5, 5.41) is 16.6. The summed E-state index contributed by atoms with van der Waals surface area (Å²) >= 11 is 0. The summed E-state index contributed by atoms with van der Waals surface area (Å²) in [6.45, 7) is 2.05. The zero-order chi connectivity index (χ0) is 22.7. The van der Waals surface area contributed by atoms with E-state index in [0.29, 0.717) is 11.6 Å². The number of nitriles is 1. The molecule has 0 aliphatic rings. The van der Waals surface area contributed by atoms with E-state index in [4.69, 9.17) is 10.2 Å². The van der Waals surface area contributed by atoms with Crippen LogP contribution in [0.25, 0.3) is 11.4 Å². The van der Waals surface area contributed by atoms with Gasteiger partial charge in [-0.05, 0) is 23.6 Å². The Kier molecular flexibility index (Phi) is 5.95. The number of nitrogens with one attached hydrogen (secondary N) is 1. The predicted octanol–water partition coefficient (Wildman–Crippen LogP) is 5.40. The molecule has 7 heteroatoms. The fourth-order valence-electron chi connectivity index (χ4n) is 3.55. The van der Waals surface area contributed by atoms with Crippen LogP contribution in [0.2, 0.25) is 0 Å². The average Bonchev–Trinajstić information content (AvgIpc) is 3.21. The Morgan fingerprint density at radius 3 is 2.53 bits per heavy atom. The van der Waals surface area contributed by atoms with Gasteiger partial charge in [0.1, 0.15) is 23.7 Å². The highest BCUT2D eigenvalue weighted by molar-refractivity contribution is 5.56. The normalized spacial score (nSPS) is 11.7. The molecule has 0 aliphatic heterocycles. The van der Waals surface area contributed by atoms with E-state index in [9.17, 15) is 8.78 Å². The largest absolute Gasteiger partial charge is 0.369 e. The van der Waals surface area contributed by atoms with E-state index >= 15 is 0 Å². The maximum Gasteiger partial charge on any atom is 0.181 e. The molecule has 0 saturated heterocycles. The second kappa shape index (κ2) is 8.98. The van der Waals surface area contributed by atoms with Gasteiger partial charge in [0, 0.05) is 18.7 Å². The van der Waals surface area contributed by atoms with Crippen LogP contribution in [0.1, 0.15) is 35.5 Å². The molecule has 0 bridgehead atoms. The molecule has 4 aromatic rings. The highest BCUT2D eigenvalue weighted by Crippen LogP contribution is 2.30. The lowest BCUT2D eigenvalue weighted by molar-refractivity contribution is 0.595. The lowest BCUT2D eigenvalue weighted by atomic mass is 10.0. The smallest absolute Gasteiger partial charge is 0.181 e. The Morgan fingerprint density at radius 1 is 1.03 bits per heavy atom. The number of aryl methyl sites for hydroxylation is 2. The van der Waals surface area contributed by atoms with E-state index in [1.807, 2.05) is 61.5 Å². The zero-order valence-electron chi connectivity index (χ0n) is 17.7. The highest BCUT2D eigenvalue weighted by atomic mass is 19.1. The van der Waals surface area contributed by atoms with Gasteiger partial charge in [0.05, 0.1) is 11.3 Å². The quantitative estimate of drug-likeness (QED) is 0.446. The lowest BCUT2D eigenvalue weighted by Crippen LogP contribution is -2.18. The van der Waals surface area contributed by atoms with Gasteiger partial charge in [-0.3, -0.25) is 4.68 Å². The molecule has 160 valence electrons. The number of halogens is 2. The molecule has 0 radical (unpaired) electrons. The second-order valence-electron chi connectivity index (χ2n) is 7.38. The minimum absolute atomic E-state index is 0.0577. The molecule has 4 rings (SSSR count). The van der Waals surface area contributed by atoms with Crippen LogP contribution in [0, 0.1) is 23.0 Å². The van der Waals surface area contributed by atoms with Gasteiger partial charge in [0.2, 0.25) is 0 Å². The summed E-state index contributed by atoms with van der Waals surface area (Å²) in [6, 6.07) is 20.3. The highest BCUT2D eigenvalue weighted by Gasteiger charge is 2.23.